The lowest BCUT2D eigenvalue weighted by molar-refractivity contribution is -0.134. The molecule has 0 radical (unpaired) electrons. The van der Waals surface area contributed by atoms with Gasteiger partial charge in [0.2, 0.25) is 5.91 Å². The third-order valence-electron chi connectivity index (χ3n) is 6.00. The number of hydrogen-bond donors (Lipinski definition) is 2. The number of nitrogens with zero attached hydrogens (tertiary/aromatic N) is 1. The fourth-order valence-electron chi connectivity index (χ4n) is 4.23. The molecule has 3 aromatic rings. The Morgan fingerprint density at radius 2 is 1.69 bits per heavy atom. The number of hydrogen-bond acceptors (Lipinski definition) is 5. The number of benzene rings is 3. The molecule has 1 fully saturated rings. The molecule has 1 saturated heterocycles. The van der Waals surface area contributed by atoms with Crippen LogP contribution in [0.25, 0.3) is 0 Å². The largest absolute Gasteiger partial charge is 0.484 e. The topological polar surface area (TPSA) is 93.9 Å². The highest BCUT2D eigenvalue weighted by Gasteiger charge is 2.26. The Labute approximate surface area is 205 Å². The zero-order chi connectivity index (χ0) is 24.5. The third kappa shape index (κ3) is 7.07. The van der Waals surface area contributed by atoms with Crippen LogP contribution in [0.4, 0.5) is 0 Å². The average Bonchev–Trinajstić information content (AvgIpc) is 2.88. The van der Waals surface area contributed by atoms with Crippen molar-refractivity contribution in [2.24, 2.45) is 5.73 Å². The number of nitrogens with one attached hydrogen (secondary N) is 1. The van der Waals surface area contributed by atoms with Crippen LogP contribution in [-0.4, -0.2) is 49.0 Å². The molecular formula is C28H31N3O4. The molecule has 2 amide bonds. The number of ether oxygens (including phenoxy) is 2. The monoisotopic (exact) mass is 473 g/mol. The number of carbonyl (C=O) groups is 2. The molecule has 3 aromatic carbocycles. The molecule has 7 heteroatoms. The van der Waals surface area contributed by atoms with Crippen molar-refractivity contribution in [3.63, 3.8) is 0 Å². The van der Waals surface area contributed by atoms with Gasteiger partial charge >= 0.3 is 0 Å². The van der Waals surface area contributed by atoms with Crippen molar-refractivity contribution >= 4 is 11.8 Å². The van der Waals surface area contributed by atoms with Crippen molar-refractivity contribution < 1.29 is 19.1 Å². The Morgan fingerprint density at radius 3 is 2.46 bits per heavy atom. The minimum Gasteiger partial charge on any atom is -0.484 e. The summed E-state index contributed by atoms with van der Waals surface area (Å²) in [5, 5.41) is 3.40. The molecule has 4 rings (SSSR count). The van der Waals surface area contributed by atoms with E-state index in [9.17, 15) is 9.59 Å². The molecular weight excluding hydrogens is 442 g/mol. The van der Waals surface area contributed by atoms with Crippen molar-refractivity contribution in [1.29, 1.82) is 0 Å². The average molecular weight is 474 g/mol. The summed E-state index contributed by atoms with van der Waals surface area (Å²) in [5.41, 5.74) is 7.24. The van der Waals surface area contributed by atoms with E-state index in [4.69, 9.17) is 15.2 Å². The van der Waals surface area contributed by atoms with Gasteiger partial charge in [0.05, 0.1) is 0 Å². The molecule has 0 bridgehead atoms. The smallest absolute Gasteiger partial charge is 0.255 e. The maximum atomic E-state index is 13.2. The predicted octanol–water partition coefficient (Wildman–Crippen LogP) is 3.32. The van der Waals surface area contributed by atoms with E-state index < -0.39 is 5.91 Å². The van der Waals surface area contributed by atoms with Gasteiger partial charge in [0.15, 0.2) is 6.61 Å². The van der Waals surface area contributed by atoms with E-state index in [0.717, 1.165) is 42.1 Å². The molecule has 1 heterocycles. The Kier molecular flexibility index (Phi) is 8.35. The fraction of sp³-hybridized carbons (Fsp3) is 0.286. The van der Waals surface area contributed by atoms with Crippen LogP contribution in [0.1, 0.15) is 17.5 Å². The van der Waals surface area contributed by atoms with E-state index in [0.29, 0.717) is 25.1 Å². The molecule has 0 aromatic heterocycles. The molecule has 35 heavy (non-hydrogen) atoms. The van der Waals surface area contributed by atoms with Crippen molar-refractivity contribution in [1.82, 2.24) is 10.2 Å². The Balaban J connectivity index is 1.36. The number of rotatable bonds is 10. The molecule has 1 aliphatic rings. The predicted molar refractivity (Wildman–Crippen MR) is 134 cm³/mol. The molecule has 0 spiro atoms. The maximum Gasteiger partial charge on any atom is 0.255 e. The molecule has 1 aliphatic heterocycles. The Morgan fingerprint density at radius 1 is 0.943 bits per heavy atom. The second-order valence-corrected chi connectivity index (χ2v) is 8.57. The standard InChI is InChI=1S/C28H31N3O4/c29-27(32)20-34-24-13-10-21(11-14-24)18-23-19-30-16-17-31(23)28(33)15-12-22-6-4-5-9-26(22)35-25-7-2-1-3-8-25/h1-11,13-14,23,30H,12,15-20H2,(H2,29,32). The second-order valence-electron chi connectivity index (χ2n) is 8.57. The van der Waals surface area contributed by atoms with Crippen molar-refractivity contribution in [3.05, 3.63) is 90.0 Å². The second kappa shape index (κ2) is 12.0. The first kappa shape index (κ1) is 24.3. The van der Waals surface area contributed by atoms with E-state index in [1.165, 1.54) is 0 Å². The van der Waals surface area contributed by atoms with Gasteiger partial charge in [-0.1, -0.05) is 48.5 Å². The van der Waals surface area contributed by atoms with Crippen LogP contribution in [-0.2, 0) is 22.4 Å². The first-order valence-corrected chi connectivity index (χ1v) is 11.9. The van der Waals surface area contributed by atoms with Crippen molar-refractivity contribution in [3.8, 4) is 17.2 Å². The third-order valence-corrected chi connectivity index (χ3v) is 6.00. The summed E-state index contributed by atoms with van der Waals surface area (Å²) in [4.78, 5) is 26.1. The van der Waals surface area contributed by atoms with Crippen LogP contribution in [0.15, 0.2) is 78.9 Å². The summed E-state index contributed by atoms with van der Waals surface area (Å²) >= 11 is 0. The van der Waals surface area contributed by atoms with Crippen molar-refractivity contribution in [2.75, 3.05) is 26.2 Å². The van der Waals surface area contributed by atoms with E-state index in [-0.39, 0.29) is 18.6 Å². The Bertz CT molecular complexity index is 1120. The first-order valence-electron chi connectivity index (χ1n) is 11.9. The van der Waals surface area contributed by atoms with Gasteiger partial charge in [-0.2, -0.15) is 0 Å². The van der Waals surface area contributed by atoms with Crippen LogP contribution in [0.3, 0.4) is 0 Å². The van der Waals surface area contributed by atoms with Crippen LogP contribution < -0.4 is 20.5 Å². The molecule has 1 unspecified atom stereocenters. The molecule has 0 saturated carbocycles. The van der Waals surface area contributed by atoms with Gasteiger partial charge in [0, 0.05) is 32.1 Å². The number of aryl methyl sites for hydroxylation is 1. The summed E-state index contributed by atoms with van der Waals surface area (Å²) in [6.45, 7) is 2.08. The number of carbonyl (C=O) groups excluding carboxylic acids is 2. The number of primary amides is 1. The quantitative estimate of drug-likeness (QED) is 0.471. The molecule has 182 valence electrons. The highest BCUT2D eigenvalue weighted by molar-refractivity contribution is 5.77. The van der Waals surface area contributed by atoms with E-state index in [2.05, 4.69) is 5.32 Å². The normalized spacial score (nSPS) is 15.4. The molecule has 7 nitrogen and oxygen atoms in total. The van der Waals surface area contributed by atoms with Gasteiger partial charge < -0.3 is 25.4 Å². The Hall–Kier alpha value is -3.84. The van der Waals surface area contributed by atoms with E-state index in [1.54, 1.807) is 0 Å². The molecule has 1 atom stereocenters. The highest BCUT2D eigenvalue weighted by Crippen LogP contribution is 2.26. The number of nitrogens with two attached hydrogens (primary N) is 1. The van der Waals surface area contributed by atoms with Gasteiger partial charge in [0.25, 0.3) is 5.91 Å². The number of amides is 2. The minimum absolute atomic E-state index is 0.0736. The summed E-state index contributed by atoms with van der Waals surface area (Å²) in [7, 11) is 0. The summed E-state index contributed by atoms with van der Waals surface area (Å²) in [6.07, 6.45) is 1.78. The summed E-state index contributed by atoms with van der Waals surface area (Å²) in [5.74, 6) is 1.79. The lowest BCUT2D eigenvalue weighted by Crippen LogP contribution is -2.54. The van der Waals surface area contributed by atoms with Gasteiger partial charge in [-0.15, -0.1) is 0 Å². The molecule has 0 aliphatic carbocycles. The summed E-state index contributed by atoms with van der Waals surface area (Å²) < 4.78 is 11.4. The zero-order valence-electron chi connectivity index (χ0n) is 19.7. The van der Waals surface area contributed by atoms with Crippen LogP contribution in [0, 0.1) is 0 Å². The summed E-state index contributed by atoms with van der Waals surface area (Å²) in [6, 6.07) is 25.2. The number of para-hydroxylation sites is 2. The first-order chi connectivity index (χ1) is 17.1. The number of piperazine rings is 1. The van der Waals surface area contributed by atoms with Crippen LogP contribution >= 0.6 is 0 Å². The van der Waals surface area contributed by atoms with Crippen LogP contribution in [0.2, 0.25) is 0 Å². The SMILES string of the molecule is NC(=O)COc1ccc(CC2CNCCN2C(=O)CCc2ccccc2Oc2ccccc2)cc1. The molecule has 3 N–H and O–H groups in total. The lowest BCUT2D eigenvalue weighted by atomic mass is 10.0. The van der Waals surface area contributed by atoms with Gasteiger partial charge in [0.1, 0.15) is 17.2 Å². The van der Waals surface area contributed by atoms with Gasteiger partial charge in [-0.05, 0) is 54.3 Å². The van der Waals surface area contributed by atoms with Gasteiger partial charge in [-0.25, -0.2) is 0 Å². The van der Waals surface area contributed by atoms with E-state index in [1.807, 2.05) is 83.8 Å². The fourth-order valence-corrected chi connectivity index (χ4v) is 4.23. The van der Waals surface area contributed by atoms with Gasteiger partial charge in [-0.3, -0.25) is 9.59 Å². The minimum atomic E-state index is -0.509. The van der Waals surface area contributed by atoms with E-state index >= 15 is 0 Å². The zero-order valence-corrected chi connectivity index (χ0v) is 19.7. The van der Waals surface area contributed by atoms with Crippen molar-refractivity contribution in [2.45, 2.75) is 25.3 Å². The maximum absolute atomic E-state index is 13.2. The lowest BCUT2D eigenvalue weighted by Gasteiger charge is -2.36. The van der Waals surface area contributed by atoms with Crippen LogP contribution in [0.5, 0.6) is 17.2 Å². The highest BCUT2D eigenvalue weighted by atomic mass is 16.5.